The molecule has 18 heavy (non-hydrogen) atoms. The normalized spacial score (nSPS) is 32.2. The largest absolute Gasteiger partial charge is 0.379 e. The van der Waals surface area contributed by atoms with Crippen molar-refractivity contribution in [2.24, 2.45) is 5.92 Å². The van der Waals surface area contributed by atoms with Crippen LogP contribution in [0, 0.1) is 5.92 Å². The van der Waals surface area contributed by atoms with E-state index in [0.29, 0.717) is 12.6 Å². The standard InChI is InChI=1S/C14H26N2O2/c1-2-3-11-4-6-12(7-5-11)15-14(17)16-13-8-9-18-10-13/h11-13H,2-10H2,1H3,(H2,15,16,17). The molecule has 2 fully saturated rings. The Kier molecular flexibility index (Phi) is 5.29. The summed E-state index contributed by atoms with van der Waals surface area (Å²) in [6, 6.07) is 0.575. The molecule has 0 aromatic carbocycles. The van der Waals surface area contributed by atoms with E-state index in [-0.39, 0.29) is 12.1 Å². The second kappa shape index (κ2) is 6.98. The van der Waals surface area contributed by atoms with Gasteiger partial charge in [0.1, 0.15) is 0 Å². The van der Waals surface area contributed by atoms with Gasteiger partial charge < -0.3 is 15.4 Å². The third-order valence-electron chi connectivity index (χ3n) is 4.14. The molecule has 2 aliphatic rings. The zero-order chi connectivity index (χ0) is 12.8. The van der Waals surface area contributed by atoms with Gasteiger partial charge in [0.15, 0.2) is 0 Å². The molecule has 0 spiro atoms. The van der Waals surface area contributed by atoms with Crippen molar-refractivity contribution in [3.8, 4) is 0 Å². The quantitative estimate of drug-likeness (QED) is 0.809. The van der Waals surface area contributed by atoms with Gasteiger partial charge in [0.2, 0.25) is 0 Å². The molecule has 1 saturated heterocycles. The van der Waals surface area contributed by atoms with Gasteiger partial charge >= 0.3 is 6.03 Å². The number of carbonyl (C=O) groups excluding carboxylic acids is 1. The Labute approximate surface area is 110 Å². The van der Waals surface area contributed by atoms with Crippen molar-refractivity contribution in [1.29, 1.82) is 0 Å². The highest BCUT2D eigenvalue weighted by molar-refractivity contribution is 5.74. The van der Waals surface area contributed by atoms with Crippen LogP contribution >= 0.6 is 0 Å². The third kappa shape index (κ3) is 4.16. The summed E-state index contributed by atoms with van der Waals surface area (Å²) in [5.41, 5.74) is 0. The summed E-state index contributed by atoms with van der Waals surface area (Å²) in [7, 11) is 0. The molecule has 1 unspecified atom stereocenters. The van der Waals surface area contributed by atoms with E-state index >= 15 is 0 Å². The molecule has 1 saturated carbocycles. The van der Waals surface area contributed by atoms with Crippen LogP contribution in [0.25, 0.3) is 0 Å². The molecule has 1 atom stereocenters. The van der Waals surface area contributed by atoms with Crippen LogP contribution in [0.3, 0.4) is 0 Å². The number of ether oxygens (including phenoxy) is 1. The molecule has 0 bridgehead atoms. The van der Waals surface area contributed by atoms with Crippen LogP contribution in [-0.4, -0.2) is 31.3 Å². The summed E-state index contributed by atoms with van der Waals surface area (Å²) >= 11 is 0. The maximum atomic E-state index is 11.8. The minimum atomic E-state index is -0.00978. The van der Waals surface area contributed by atoms with E-state index in [1.807, 2.05) is 0 Å². The predicted molar refractivity (Wildman–Crippen MR) is 71.5 cm³/mol. The fourth-order valence-electron chi connectivity index (χ4n) is 3.06. The highest BCUT2D eigenvalue weighted by atomic mass is 16.5. The highest BCUT2D eigenvalue weighted by Crippen LogP contribution is 2.27. The molecule has 104 valence electrons. The molecule has 2 amide bonds. The van der Waals surface area contributed by atoms with Crippen LogP contribution < -0.4 is 10.6 Å². The summed E-state index contributed by atoms with van der Waals surface area (Å²) in [4.78, 5) is 11.8. The van der Waals surface area contributed by atoms with Crippen LogP contribution in [0.15, 0.2) is 0 Å². The SMILES string of the molecule is CCCC1CCC(NC(=O)NC2CCOC2)CC1. The van der Waals surface area contributed by atoms with E-state index < -0.39 is 0 Å². The molecule has 0 radical (unpaired) electrons. The molecule has 0 aromatic rings. The maximum absolute atomic E-state index is 11.8. The summed E-state index contributed by atoms with van der Waals surface area (Å²) in [5.74, 6) is 0.888. The van der Waals surface area contributed by atoms with Gasteiger partial charge in [-0.15, -0.1) is 0 Å². The fraction of sp³-hybridized carbons (Fsp3) is 0.929. The minimum absolute atomic E-state index is 0.00978. The Morgan fingerprint density at radius 3 is 2.44 bits per heavy atom. The van der Waals surface area contributed by atoms with Crippen molar-refractivity contribution in [2.75, 3.05) is 13.2 Å². The first-order valence-electron chi connectivity index (χ1n) is 7.42. The number of rotatable bonds is 4. The maximum Gasteiger partial charge on any atom is 0.315 e. The van der Waals surface area contributed by atoms with Gasteiger partial charge in [0, 0.05) is 12.6 Å². The van der Waals surface area contributed by atoms with Gasteiger partial charge in [0.05, 0.1) is 12.6 Å². The lowest BCUT2D eigenvalue weighted by atomic mass is 9.83. The smallest absolute Gasteiger partial charge is 0.315 e. The molecule has 2 N–H and O–H groups in total. The Bertz CT molecular complexity index is 257. The second-order valence-electron chi connectivity index (χ2n) is 5.68. The van der Waals surface area contributed by atoms with Crippen LogP contribution in [0.2, 0.25) is 0 Å². The molecule has 0 aromatic heterocycles. The Balaban J connectivity index is 1.63. The van der Waals surface area contributed by atoms with Crippen LogP contribution in [0.5, 0.6) is 0 Å². The number of hydrogen-bond acceptors (Lipinski definition) is 2. The molecular weight excluding hydrogens is 228 g/mol. The molecule has 1 heterocycles. The number of hydrogen-bond donors (Lipinski definition) is 2. The first-order chi connectivity index (χ1) is 8.78. The van der Waals surface area contributed by atoms with Crippen LogP contribution in [0.4, 0.5) is 4.79 Å². The number of urea groups is 1. The van der Waals surface area contributed by atoms with E-state index in [9.17, 15) is 4.79 Å². The predicted octanol–water partition coefficient (Wildman–Crippen LogP) is 2.43. The monoisotopic (exact) mass is 254 g/mol. The van der Waals surface area contributed by atoms with Crippen molar-refractivity contribution in [1.82, 2.24) is 10.6 Å². The van der Waals surface area contributed by atoms with Crippen LogP contribution in [-0.2, 0) is 4.74 Å². The van der Waals surface area contributed by atoms with Crippen molar-refractivity contribution >= 4 is 6.03 Å². The first kappa shape index (κ1) is 13.7. The van der Waals surface area contributed by atoms with Crippen molar-refractivity contribution in [2.45, 2.75) is 64.0 Å². The molecule has 2 rings (SSSR count). The average Bonchev–Trinajstić information content (AvgIpc) is 2.84. The van der Waals surface area contributed by atoms with E-state index in [1.54, 1.807) is 0 Å². The summed E-state index contributed by atoms with van der Waals surface area (Å²) in [6.45, 7) is 3.69. The summed E-state index contributed by atoms with van der Waals surface area (Å²) in [5, 5.41) is 6.09. The van der Waals surface area contributed by atoms with E-state index in [4.69, 9.17) is 4.74 Å². The van der Waals surface area contributed by atoms with Gasteiger partial charge in [-0.25, -0.2) is 4.79 Å². The number of carbonyl (C=O) groups is 1. The Morgan fingerprint density at radius 1 is 1.11 bits per heavy atom. The van der Waals surface area contributed by atoms with Crippen molar-refractivity contribution in [3.63, 3.8) is 0 Å². The van der Waals surface area contributed by atoms with Crippen molar-refractivity contribution in [3.05, 3.63) is 0 Å². The molecule has 4 nitrogen and oxygen atoms in total. The lowest BCUT2D eigenvalue weighted by molar-refractivity contribution is 0.187. The first-order valence-corrected chi connectivity index (χ1v) is 7.42. The van der Waals surface area contributed by atoms with Gasteiger partial charge in [-0.3, -0.25) is 0 Å². The average molecular weight is 254 g/mol. The topological polar surface area (TPSA) is 50.4 Å². The van der Waals surface area contributed by atoms with E-state index in [2.05, 4.69) is 17.6 Å². The zero-order valence-electron chi connectivity index (χ0n) is 11.4. The Morgan fingerprint density at radius 2 is 1.83 bits per heavy atom. The minimum Gasteiger partial charge on any atom is -0.379 e. The van der Waals surface area contributed by atoms with Crippen LogP contribution in [0.1, 0.15) is 51.9 Å². The van der Waals surface area contributed by atoms with Gasteiger partial charge in [-0.2, -0.15) is 0 Å². The fourth-order valence-corrected chi connectivity index (χ4v) is 3.06. The third-order valence-corrected chi connectivity index (χ3v) is 4.14. The highest BCUT2D eigenvalue weighted by Gasteiger charge is 2.23. The summed E-state index contributed by atoms with van der Waals surface area (Å²) < 4.78 is 5.25. The molecular formula is C14H26N2O2. The molecule has 4 heteroatoms. The van der Waals surface area contributed by atoms with Crippen molar-refractivity contribution < 1.29 is 9.53 Å². The Hall–Kier alpha value is -0.770. The second-order valence-corrected chi connectivity index (χ2v) is 5.68. The lowest BCUT2D eigenvalue weighted by Gasteiger charge is -2.29. The summed E-state index contributed by atoms with van der Waals surface area (Å²) in [6.07, 6.45) is 8.38. The molecule has 1 aliphatic carbocycles. The van der Waals surface area contributed by atoms with Gasteiger partial charge in [-0.05, 0) is 38.0 Å². The van der Waals surface area contributed by atoms with Gasteiger partial charge in [-0.1, -0.05) is 19.8 Å². The van der Waals surface area contributed by atoms with Gasteiger partial charge in [0.25, 0.3) is 0 Å². The number of amides is 2. The van der Waals surface area contributed by atoms with E-state index in [1.165, 1.54) is 25.7 Å². The lowest BCUT2D eigenvalue weighted by Crippen LogP contribution is -2.47. The number of nitrogens with one attached hydrogen (secondary N) is 2. The van der Waals surface area contributed by atoms with E-state index in [0.717, 1.165) is 31.8 Å². The zero-order valence-corrected chi connectivity index (χ0v) is 11.4. The molecule has 1 aliphatic heterocycles.